The van der Waals surface area contributed by atoms with E-state index in [2.05, 4.69) is 0 Å². The zero-order valence-electron chi connectivity index (χ0n) is 6.65. The van der Waals surface area contributed by atoms with Gasteiger partial charge in [0.25, 0.3) is 0 Å². The van der Waals surface area contributed by atoms with E-state index in [0.29, 0.717) is 10.0 Å². The molecule has 0 saturated heterocycles. The van der Waals surface area contributed by atoms with E-state index in [1.807, 2.05) is 0 Å². The molecule has 3 heteroatoms. The van der Waals surface area contributed by atoms with Crippen LogP contribution in [0.3, 0.4) is 0 Å². The highest BCUT2D eigenvalue weighted by atomic mass is 35.5. The summed E-state index contributed by atoms with van der Waals surface area (Å²) < 4.78 is 12.2. The third kappa shape index (κ3) is 2.11. The van der Waals surface area contributed by atoms with E-state index in [1.54, 1.807) is 25.1 Å². The molecule has 1 atom stereocenters. The smallest absolute Gasteiger partial charge is 0.0960 e. The number of alkyl halides is 1. The van der Waals surface area contributed by atoms with Gasteiger partial charge in [-0.3, -0.25) is 4.39 Å². The van der Waals surface area contributed by atoms with Crippen LogP contribution in [0.25, 0.3) is 0 Å². The lowest BCUT2D eigenvalue weighted by molar-refractivity contribution is 0.447. The van der Waals surface area contributed by atoms with Gasteiger partial charge in [0.2, 0.25) is 0 Å². The second-order valence-corrected chi connectivity index (χ2v) is 3.54. The van der Waals surface area contributed by atoms with Crippen molar-refractivity contribution in [2.75, 3.05) is 6.67 Å². The molecule has 0 bridgehead atoms. The van der Waals surface area contributed by atoms with Gasteiger partial charge in [-0.1, -0.05) is 36.2 Å². The van der Waals surface area contributed by atoms with Crippen molar-refractivity contribution in [3.63, 3.8) is 0 Å². The van der Waals surface area contributed by atoms with Crippen molar-refractivity contribution >= 4 is 23.2 Å². The molecule has 1 aromatic rings. The number of hydrogen-bond donors (Lipinski definition) is 0. The summed E-state index contributed by atoms with van der Waals surface area (Å²) in [6.45, 7) is 1.43. The van der Waals surface area contributed by atoms with Gasteiger partial charge in [0.15, 0.2) is 0 Å². The SMILES string of the molecule is CC(CF)c1ccc(Cl)c(Cl)c1. The lowest BCUT2D eigenvalue weighted by Crippen LogP contribution is -1.94. The van der Waals surface area contributed by atoms with Crippen LogP contribution in [0.15, 0.2) is 18.2 Å². The van der Waals surface area contributed by atoms with Gasteiger partial charge < -0.3 is 0 Å². The Kier molecular flexibility index (Phi) is 3.36. The molecule has 0 aromatic heterocycles. The van der Waals surface area contributed by atoms with E-state index in [0.717, 1.165) is 5.56 Å². The van der Waals surface area contributed by atoms with E-state index in [1.165, 1.54) is 0 Å². The standard InChI is InChI=1S/C9H9Cl2F/c1-6(5-12)7-2-3-8(10)9(11)4-7/h2-4,6H,5H2,1H3. The second-order valence-electron chi connectivity index (χ2n) is 2.73. The Bertz CT molecular complexity index is 273. The van der Waals surface area contributed by atoms with Crippen LogP contribution in [0.2, 0.25) is 10.0 Å². The fourth-order valence-corrected chi connectivity index (χ4v) is 1.21. The van der Waals surface area contributed by atoms with E-state index in [4.69, 9.17) is 23.2 Å². The van der Waals surface area contributed by atoms with Gasteiger partial charge >= 0.3 is 0 Å². The summed E-state index contributed by atoms with van der Waals surface area (Å²) in [6.07, 6.45) is 0. The highest BCUT2D eigenvalue weighted by Crippen LogP contribution is 2.26. The molecule has 1 unspecified atom stereocenters. The summed E-state index contributed by atoms with van der Waals surface area (Å²) in [5.74, 6) is -0.111. The van der Waals surface area contributed by atoms with Crippen molar-refractivity contribution in [3.05, 3.63) is 33.8 Å². The van der Waals surface area contributed by atoms with Crippen LogP contribution in [0.5, 0.6) is 0 Å². The van der Waals surface area contributed by atoms with Crippen LogP contribution in [-0.2, 0) is 0 Å². The Balaban J connectivity index is 2.96. The lowest BCUT2D eigenvalue weighted by atomic mass is 10.0. The van der Waals surface area contributed by atoms with Gasteiger partial charge in [-0.2, -0.15) is 0 Å². The van der Waals surface area contributed by atoms with Crippen molar-refractivity contribution < 1.29 is 4.39 Å². The van der Waals surface area contributed by atoms with Crippen LogP contribution in [0, 0.1) is 0 Å². The van der Waals surface area contributed by atoms with Gasteiger partial charge in [-0.25, -0.2) is 0 Å². The first-order chi connectivity index (χ1) is 5.65. The molecule has 0 radical (unpaired) electrons. The summed E-state index contributed by atoms with van der Waals surface area (Å²) in [5, 5.41) is 0.987. The zero-order chi connectivity index (χ0) is 9.14. The first-order valence-electron chi connectivity index (χ1n) is 3.66. The second kappa shape index (κ2) is 4.11. The van der Waals surface area contributed by atoms with Crippen LogP contribution in [-0.4, -0.2) is 6.67 Å². The van der Waals surface area contributed by atoms with E-state index in [-0.39, 0.29) is 12.6 Å². The van der Waals surface area contributed by atoms with Gasteiger partial charge in [0.1, 0.15) is 0 Å². The molecule has 66 valence electrons. The Labute approximate surface area is 81.3 Å². The largest absolute Gasteiger partial charge is 0.250 e. The van der Waals surface area contributed by atoms with Crippen molar-refractivity contribution in [1.29, 1.82) is 0 Å². The van der Waals surface area contributed by atoms with Gasteiger partial charge in [0.05, 0.1) is 16.7 Å². The van der Waals surface area contributed by atoms with Crippen molar-refractivity contribution in [2.45, 2.75) is 12.8 Å². The number of hydrogen-bond acceptors (Lipinski definition) is 0. The van der Waals surface area contributed by atoms with Gasteiger partial charge in [-0.05, 0) is 17.7 Å². The first-order valence-corrected chi connectivity index (χ1v) is 4.41. The Hall–Kier alpha value is -0.270. The monoisotopic (exact) mass is 206 g/mol. The maximum atomic E-state index is 12.2. The molecule has 0 saturated carbocycles. The van der Waals surface area contributed by atoms with Crippen LogP contribution in [0.1, 0.15) is 18.4 Å². The third-order valence-electron chi connectivity index (χ3n) is 1.74. The molecule has 1 rings (SSSR count). The Morgan fingerprint density at radius 3 is 2.50 bits per heavy atom. The van der Waals surface area contributed by atoms with Crippen molar-refractivity contribution in [2.24, 2.45) is 0 Å². The summed E-state index contributed by atoms with van der Waals surface area (Å²) >= 11 is 11.5. The fraction of sp³-hybridized carbons (Fsp3) is 0.333. The van der Waals surface area contributed by atoms with Gasteiger partial charge in [0, 0.05) is 5.92 Å². The maximum absolute atomic E-state index is 12.2. The summed E-state index contributed by atoms with van der Waals surface area (Å²) in [7, 11) is 0. The summed E-state index contributed by atoms with van der Waals surface area (Å²) in [5.41, 5.74) is 0.881. The minimum absolute atomic E-state index is 0.111. The number of rotatable bonds is 2. The highest BCUT2D eigenvalue weighted by Gasteiger charge is 2.06. The molecule has 0 nitrogen and oxygen atoms in total. The summed E-state index contributed by atoms with van der Waals surface area (Å²) in [6, 6.07) is 5.18. The highest BCUT2D eigenvalue weighted by molar-refractivity contribution is 6.42. The predicted octanol–water partition coefficient (Wildman–Crippen LogP) is 4.07. The molecule has 12 heavy (non-hydrogen) atoms. The van der Waals surface area contributed by atoms with Crippen molar-refractivity contribution in [1.82, 2.24) is 0 Å². The topological polar surface area (TPSA) is 0 Å². The number of halogens is 3. The molecule has 0 aliphatic rings. The third-order valence-corrected chi connectivity index (χ3v) is 2.48. The quantitative estimate of drug-likeness (QED) is 0.685. The summed E-state index contributed by atoms with van der Waals surface area (Å²) in [4.78, 5) is 0. The van der Waals surface area contributed by atoms with Crippen LogP contribution in [0.4, 0.5) is 4.39 Å². The minimum Gasteiger partial charge on any atom is -0.250 e. The minimum atomic E-state index is -0.377. The molecular weight excluding hydrogens is 198 g/mol. The van der Waals surface area contributed by atoms with E-state index >= 15 is 0 Å². The average Bonchev–Trinajstić information content (AvgIpc) is 2.08. The van der Waals surface area contributed by atoms with E-state index in [9.17, 15) is 4.39 Å². The molecule has 0 spiro atoms. The zero-order valence-corrected chi connectivity index (χ0v) is 8.16. The van der Waals surface area contributed by atoms with Crippen LogP contribution < -0.4 is 0 Å². The molecule has 1 aromatic carbocycles. The molecule has 0 fully saturated rings. The van der Waals surface area contributed by atoms with Gasteiger partial charge in [-0.15, -0.1) is 0 Å². The molecule has 0 aliphatic heterocycles. The fourth-order valence-electron chi connectivity index (χ4n) is 0.908. The lowest BCUT2D eigenvalue weighted by Gasteiger charge is -2.07. The molecule has 0 heterocycles. The van der Waals surface area contributed by atoms with E-state index < -0.39 is 0 Å². The molecule has 0 N–H and O–H groups in total. The Morgan fingerprint density at radius 2 is 2.00 bits per heavy atom. The number of benzene rings is 1. The molecule has 0 aliphatic carbocycles. The Morgan fingerprint density at radius 1 is 1.33 bits per heavy atom. The average molecular weight is 207 g/mol. The van der Waals surface area contributed by atoms with Crippen molar-refractivity contribution in [3.8, 4) is 0 Å². The van der Waals surface area contributed by atoms with Crippen LogP contribution >= 0.6 is 23.2 Å². The molecular formula is C9H9Cl2F. The normalized spacial score (nSPS) is 13.0. The maximum Gasteiger partial charge on any atom is 0.0960 e. The first kappa shape index (κ1) is 9.82. The predicted molar refractivity (Wildman–Crippen MR) is 50.9 cm³/mol. The molecule has 0 amide bonds.